The van der Waals surface area contributed by atoms with Gasteiger partial charge in [-0.25, -0.2) is 22.8 Å². The number of hydrogen-bond acceptors (Lipinski definition) is 9. The summed E-state index contributed by atoms with van der Waals surface area (Å²) in [7, 11) is 0. The van der Waals surface area contributed by atoms with E-state index in [0.29, 0.717) is 4.90 Å². The van der Waals surface area contributed by atoms with Gasteiger partial charge in [0, 0.05) is 16.7 Å². The van der Waals surface area contributed by atoms with Crippen LogP contribution in [0.15, 0.2) is 35.5 Å². The maximum absolute atomic E-state index is 13.6. The Labute approximate surface area is 199 Å². The van der Waals surface area contributed by atoms with E-state index in [-0.39, 0.29) is 22.0 Å². The van der Waals surface area contributed by atoms with Crippen LogP contribution in [0.4, 0.5) is 13.2 Å². The molecule has 3 heterocycles. The van der Waals surface area contributed by atoms with E-state index in [0.717, 1.165) is 28.6 Å². The molecular weight excluding hydrogens is 499 g/mol. The number of hydrogen-bond donors (Lipinski definition) is 3. The quantitative estimate of drug-likeness (QED) is 0.438. The second-order valence-electron chi connectivity index (χ2n) is 7.26. The molecule has 9 nitrogen and oxygen atoms in total. The minimum atomic E-state index is -1.63. The number of aliphatic hydroxyl groups is 3. The standard InChI is InChI=1S/C20H15ClF3N5O4S/c21-9-3-15(12(4-25)26-5-9)34-20-19(32)17(18(31)14(7-30)33-20)29-6-13(27-28-29)8-1-10(22)16(24)11(23)2-8/h1-3,5-6,14,17-20,30-32H,7H2/t14?,17-,18-,19?,20+/m0/s1. The lowest BCUT2D eigenvalue weighted by molar-refractivity contribution is -0.178. The van der Waals surface area contributed by atoms with Crippen LogP contribution in [0.5, 0.6) is 0 Å². The summed E-state index contributed by atoms with van der Waals surface area (Å²) >= 11 is 6.86. The topological polar surface area (TPSA) is 137 Å². The minimum absolute atomic E-state index is 0.0248. The molecule has 1 fully saturated rings. The van der Waals surface area contributed by atoms with Crippen LogP contribution in [0, 0.1) is 28.8 Å². The average molecular weight is 514 g/mol. The number of pyridine rings is 1. The number of thioether (sulfide) groups is 1. The van der Waals surface area contributed by atoms with Crippen molar-refractivity contribution in [1.82, 2.24) is 20.0 Å². The second kappa shape index (κ2) is 9.87. The molecule has 0 aliphatic carbocycles. The lowest BCUT2D eigenvalue weighted by Crippen LogP contribution is -2.55. The zero-order valence-electron chi connectivity index (χ0n) is 16.9. The van der Waals surface area contributed by atoms with E-state index in [9.17, 15) is 33.8 Å². The maximum Gasteiger partial charge on any atom is 0.194 e. The van der Waals surface area contributed by atoms with E-state index in [1.54, 1.807) is 0 Å². The number of benzene rings is 1. The molecule has 1 aromatic carbocycles. The highest BCUT2D eigenvalue weighted by molar-refractivity contribution is 7.99. The van der Waals surface area contributed by atoms with Crippen LogP contribution in [0.2, 0.25) is 5.02 Å². The molecule has 0 amide bonds. The van der Waals surface area contributed by atoms with Gasteiger partial charge in [0.05, 0.1) is 17.8 Å². The summed E-state index contributed by atoms with van der Waals surface area (Å²) < 4.78 is 47.2. The molecule has 1 aliphatic rings. The molecule has 0 saturated carbocycles. The van der Waals surface area contributed by atoms with Crippen LogP contribution in [-0.2, 0) is 4.74 Å². The number of aromatic nitrogens is 4. The van der Waals surface area contributed by atoms with Gasteiger partial charge in [-0.15, -0.1) is 5.10 Å². The lowest BCUT2D eigenvalue weighted by Gasteiger charge is -2.41. The van der Waals surface area contributed by atoms with Crippen molar-refractivity contribution < 1.29 is 33.2 Å². The van der Waals surface area contributed by atoms with Crippen molar-refractivity contribution in [2.75, 3.05) is 6.61 Å². The van der Waals surface area contributed by atoms with Crippen molar-refractivity contribution in [2.24, 2.45) is 0 Å². The van der Waals surface area contributed by atoms with Gasteiger partial charge in [-0.05, 0) is 18.2 Å². The highest BCUT2D eigenvalue weighted by atomic mass is 35.5. The van der Waals surface area contributed by atoms with Gasteiger partial charge in [0.15, 0.2) is 23.1 Å². The van der Waals surface area contributed by atoms with Gasteiger partial charge in [-0.1, -0.05) is 28.6 Å². The predicted molar refractivity (Wildman–Crippen MR) is 112 cm³/mol. The normalized spacial score (nSPS) is 24.7. The smallest absolute Gasteiger partial charge is 0.194 e. The van der Waals surface area contributed by atoms with Crippen LogP contribution in [0.1, 0.15) is 11.7 Å². The van der Waals surface area contributed by atoms with Crippen LogP contribution in [0.25, 0.3) is 11.3 Å². The average Bonchev–Trinajstić information content (AvgIpc) is 3.29. The van der Waals surface area contributed by atoms with Crippen molar-refractivity contribution in [3.63, 3.8) is 0 Å². The number of nitrogens with zero attached hydrogens (tertiary/aromatic N) is 5. The molecule has 1 aliphatic heterocycles. The molecule has 0 radical (unpaired) electrons. The van der Waals surface area contributed by atoms with Crippen LogP contribution in [0.3, 0.4) is 0 Å². The van der Waals surface area contributed by atoms with Crippen molar-refractivity contribution in [1.29, 1.82) is 5.26 Å². The predicted octanol–water partition coefficient (Wildman–Crippen LogP) is 2.05. The molecule has 14 heteroatoms. The monoisotopic (exact) mass is 513 g/mol. The van der Waals surface area contributed by atoms with Crippen molar-refractivity contribution >= 4 is 23.4 Å². The fourth-order valence-electron chi connectivity index (χ4n) is 3.46. The molecular formula is C20H15ClF3N5O4S. The molecule has 0 spiro atoms. The van der Waals surface area contributed by atoms with E-state index in [1.807, 2.05) is 6.07 Å². The van der Waals surface area contributed by atoms with E-state index in [2.05, 4.69) is 15.3 Å². The number of halogens is 4. The Morgan fingerprint density at radius 1 is 1.18 bits per heavy atom. The summed E-state index contributed by atoms with van der Waals surface area (Å²) in [6.45, 7) is -0.615. The van der Waals surface area contributed by atoms with Gasteiger partial charge in [0.25, 0.3) is 0 Å². The fourth-order valence-corrected chi connectivity index (χ4v) is 4.83. The first-order valence-electron chi connectivity index (χ1n) is 9.65. The zero-order chi connectivity index (χ0) is 24.6. The first kappa shape index (κ1) is 24.4. The van der Waals surface area contributed by atoms with E-state index < -0.39 is 53.8 Å². The molecule has 3 N–H and O–H groups in total. The van der Waals surface area contributed by atoms with Gasteiger partial charge < -0.3 is 20.1 Å². The summed E-state index contributed by atoms with van der Waals surface area (Å²) in [6.07, 6.45) is -1.59. The Balaban J connectivity index is 1.66. The molecule has 2 unspecified atom stereocenters. The van der Waals surface area contributed by atoms with Crippen LogP contribution >= 0.6 is 23.4 Å². The van der Waals surface area contributed by atoms with Crippen LogP contribution in [-0.4, -0.2) is 65.7 Å². The molecule has 0 bridgehead atoms. The van der Waals surface area contributed by atoms with Gasteiger partial charge in [0.1, 0.15) is 41.6 Å². The van der Waals surface area contributed by atoms with Crippen molar-refractivity contribution in [2.45, 2.75) is 34.7 Å². The van der Waals surface area contributed by atoms with E-state index in [1.165, 1.54) is 18.5 Å². The third kappa shape index (κ3) is 4.61. The Morgan fingerprint density at radius 2 is 1.88 bits per heavy atom. The van der Waals surface area contributed by atoms with Crippen molar-refractivity contribution in [3.05, 3.63) is 58.8 Å². The van der Waals surface area contributed by atoms with Crippen LogP contribution < -0.4 is 0 Å². The zero-order valence-corrected chi connectivity index (χ0v) is 18.5. The summed E-state index contributed by atoms with van der Waals surface area (Å²) in [6, 6.07) is 3.60. The first-order chi connectivity index (χ1) is 16.2. The SMILES string of the molecule is N#Cc1ncc(Cl)cc1S[C@H]1OC(CO)[C@H](O)[C@H](n2cc(-c3cc(F)c(F)c(F)c3)nn2)C1O. The Morgan fingerprint density at radius 3 is 2.53 bits per heavy atom. The largest absolute Gasteiger partial charge is 0.394 e. The third-order valence-electron chi connectivity index (χ3n) is 5.11. The molecule has 2 aromatic heterocycles. The Kier molecular flexibility index (Phi) is 7.08. The molecule has 34 heavy (non-hydrogen) atoms. The summed E-state index contributed by atoms with van der Waals surface area (Å²) in [5.74, 6) is -4.48. The van der Waals surface area contributed by atoms with Crippen molar-refractivity contribution in [3.8, 4) is 17.3 Å². The highest BCUT2D eigenvalue weighted by Gasteiger charge is 2.46. The van der Waals surface area contributed by atoms with Gasteiger partial charge in [-0.2, -0.15) is 5.26 Å². The molecule has 4 rings (SSSR count). The number of ether oxygens (including phenoxy) is 1. The van der Waals surface area contributed by atoms with Gasteiger partial charge in [0.2, 0.25) is 0 Å². The van der Waals surface area contributed by atoms with E-state index >= 15 is 0 Å². The number of aliphatic hydroxyl groups excluding tert-OH is 3. The molecule has 5 atom stereocenters. The fraction of sp³-hybridized carbons (Fsp3) is 0.300. The molecule has 3 aromatic rings. The van der Waals surface area contributed by atoms with Gasteiger partial charge >= 0.3 is 0 Å². The lowest BCUT2D eigenvalue weighted by atomic mass is 9.97. The Bertz CT molecular complexity index is 1240. The minimum Gasteiger partial charge on any atom is -0.394 e. The maximum atomic E-state index is 13.6. The summed E-state index contributed by atoms with van der Waals surface area (Å²) in [4.78, 5) is 4.20. The number of rotatable bonds is 5. The summed E-state index contributed by atoms with van der Waals surface area (Å²) in [5, 5.41) is 48.5. The third-order valence-corrected chi connectivity index (χ3v) is 6.51. The number of nitriles is 1. The molecule has 1 saturated heterocycles. The molecule has 178 valence electrons. The first-order valence-corrected chi connectivity index (χ1v) is 10.9. The van der Waals surface area contributed by atoms with E-state index in [4.69, 9.17) is 16.3 Å². The Hall–Kier alpha value is -2.73. The second-order valence-corrected chi connectivity index (χ2v) is 8.84. The van der Waals surface area contributed by atoms with Gasteiger partial charge in [-0.3, -0.25) is 0 Å². The summed E-state index contributed by atoms with van der Waals surface area (Å²) in [5.41, 5.74) is -1.26. The highest BCUT2D eigenvalue weighted by Crippen LogP contribution is 2.39.